The Hall–Kier alpha value is -2.54. The second-order valence-electron chi connectivity index (χ2n) is 5.28. The normalized spacial score (nSPS) is 11.2. The lowest BCUT2D eigenvalue weighted by molar-refractivity contribution is -0.112. The number of nitrogens with zero attached hydrogens (tertiary/aromatic N) is 3. The van der Waals surface area contributed by atoms with Gasteiger partial charge in [0, 0.05) is 22.5 Å². The molecule has 27 heavy (non-hydrogen) atoms. The molecule has 6 nitrogen and oxygen atoms in total. The first-order valence-corrected chi connectivity index (χ1v) is 10.5. The molecule has 0 aliphatic rings. The number of nitriles is 1. The fourth-order valence-corrected chi connectivity index (χ4v) is 3.89. The van der Waals surface area contributed by atoms with Gasteiger partial charge in [-0.15, -0.1) is 0 Å². The van der Waals surface area contributed by atoms with Gasteiger partial charge in [0.25, 0.3) is 5.91 Å². The van der Waals surface area contributed by atoms with Gasteiger partial charge in [-0.2, -0.15) is 14.6 Å². The van der Waals surface area contributed by atoms with Crippen LogP contribution in [0.15, 0.2) is 61.5 Å². The van der Waals surface area contributed by atoms with Gasteiger partial charge in [0.05, 0.1) is 0 Å². The number of nitrogens with one attached hydrogen (secondary N) is 1. The first kappa shape index (κ1) is 19.2. The fraction of sp³-hybridized carbons (Fsp3) is 0.111. The molecule has 0 atom stereocenters. The summed E-state index contributed by atoms with van der Waals surface area (Å²) in [6.45, 7) is 2.03. The maximum Gasteiger partial charge on any atom is 0.268 e. The molecule has 0 spiro atoms. The van der Waals surface area contributed by atoms with Crippen LogP contribution in [0.25, 0.3) is 6.08 Å². The minimum absolute atomic E-state index is 0.0721. The number of benzene rings is 1. The van der Waals surface area contributed by atoms with Gasteiger partial charge in [-0.3, -0.25) is 10.1 Å². The molecule has 0 aliphatic heterocycles. The van der Waals surface area contributed by atoms with E-state index in [1.807, 2.05) is 43.5 Å². The number of amides is 1. The molecule has 9 heteroatoms. The molecule has 0 bridgehead atoms. The first-order valence-electron chi connectivity index (χ1n) is 7.72. The second-order valence-corrected chi connectivity index (χ2v) is 7.89. The molecule has 0 saturated carbocycles. The van der Waals surface area contributed by atoms with Crippen molar-refractivity contribution in [1.29, 1.82) is 5.26 Å². The SMILES string of the molecule is CSc1nsc(NC(=O)/C(C#N)=C\c2ccc(Sc3ccc(C)cc3)o2)n1. The summed E-state index contributed by atoms with van der Waals surface area (Å²) in [6, 6.07) is 13.5. The molecule has 136 valence electrons. The molecule has 2 aromatic heterocycles. The molecule has 1 N–H and O–H groups in total. The number of hydrogen-bond acceptors (Lipinski definition) is 8. The Kier molecular flexibility index (Phi) is 6.34. The van der Waals surface area contributed by atoms with E-state index < -0.39 is 5.91 Å². The van der Waals surface area contributed by atoms with Gasteiger partial charge < -0.3 is 4.42 Å². The number of aromatic nitrogens is 2. The van der Waals surface area contributed by atoms with Crippen molar-refractivity contribution in [2.75, 3.05) is 11.6 Å². The highest BCUT2D eigenvalue weighted by atomic mass is 32.2. The maximum absolute atomic E-state index is 12.3. The predicted octanol–water partition coefficient (Wildman–Crippen LogP) is 4.86. The number of carbonyl (C=O) groups is 1. The second kappa shape index (κ2) is 8.90. The van der Waals surface area contributed by atoms with Crippen molar-refractivity contribution >= 4 is 52.2 Å². The van der Waals surface area contributed by atoms with Crippen LogP contribution < -0.4 is 5.32 Å². The van der Waals surface area contributed by atoms with Crippen LogP contribution in [0.1, 0.15) is 11.3 Å². The van der Waals surface area contributed by atoms with Crippen molar-refractivity contribution < 1.29 is 9.21 Å². The smallest absolute Gasteiger partial charge is 0.268 e. The zero-order chi connectivity index (χ0) is 19.2. The quantitative estimate of drug-likeness (QED) is 0.350. The van der Waals surface area contributed by atoms with E-state index in [0.29, 0.717) is 21.1 Å². The molecule has 3 aromatic rings. The van der Waals surface area contributed by atoms with Crippen LogP contribution in [0.5, 0.6) is 0 Å². The van der Waals surface area contributed by atoms with E-state index in [0.717, 1.165) is 16.4 Å². The van der Waals surface area contributed by atoms with Gasteiger partial charge in [-0.1, -0.05) is 41.2 Å². The Morgan fingerprint density at radius 2 is 2.07 bits per heavy atom. The van der Waals surface area contributed by atoms with E-state index in [9.17, 15) is 10.1 Å². The van der Waals surface area contributed by atoms with Crippen LogP contribution in [-0.2, 0) is 4.79 Å². The van der Waals surface area contributed by atoms with E-state index >= 15 is 0 Å². The topological polar surface area (TPSA) is 91.8 Å². The van der Waals surface area contributed by atoms with Crippen LogP contribution in [0.2, 0.25) is 0 Å². The average molecular weight is 415 g/mol. The van der Waals surface area contributed by atoms with Gasteiger partial charge in [0.1, 0.15) is 17.4 Å². The van der Waals surface area contributed by atoms with E-state index in [2.05, 4.69) is 14.7 Å². The summed E-state index contributed by atoms with van der Waals surface area (Å²) in [4.78, 5) is 17.4. The highest BCUT2D eigenvalue weighted by molar-refractivity contribution is 7.99. The highest BCUT2D eigenvalue weighted by Gasteiger charge is 2.14. The van der Waals surface area contributed by atoms with Crippen LogP contribution in [0, 0.1) is 18.3 Å². The lowest BCUT2D eigenvalue weighted by atomic mass is 10.2. The molecule has 3 rings (SSSR count). The third kappa shape index (κ3) is 5.23. The van der Waals surface area contributed by atoms with Crippen LogP contribution in [-0.4, -0.2) is 21.5 Å². The molecule has 0 saturated heterocycles. The molecule has 0 radical (unpaired) electrons. The van der Waals surface area contributed by atoms with Crippen molar-refractivity contribution in [3.8, 4) is 6.07 Å². The lowest BCUT2D eigenvalue weighted by Crippen LogP contribution is -2.13. The van der Waals surface area contributed by atoms with Crippen LogP contribution >= 0.6 is 35.1 Å². The number of rotatable bonds is 6. The fourth-order valence-electron chi connectivity index (χ4n) is 1.99. The third-order valence-electron chi connectivity index (χ3n) is 3.30. The molecule has 0 aliphatic carbocycles. The summed E-state index contributed by atoms with van der Waals surface area (Å²) >= 11 is 3.91. The largest absolute Gasteiger partial charge is 0.450 e. The molecule has 2 heterocycles. The Balaban J connectivity index is 1.70. The predicted molar refractivity (Wildman–Crippen MR) is 108 cm³/mol. The lowest BCUT2D eigenvalue weighted by Gasteiger charge is -1.99. The van der Waals surface area contributed by atoms with Crippen molar-refractivity contribution in [3.05, 3.63) is 53.3 Å². The van der Waals surface area contributed by atoms with Crippen LogP contribution in [0.3, 0.4) is 0 Å². The van der Waals surface area contributed by atoms with E-state index in [4.69, 9.17) is 4.42 Å². The monoisotopic (exact) mass is 414 g/mol. The van der Waals surface area contributed by atoms with Gasteiger partial charge in [-0.05, 0) is 37.4 Å². The number of anilines is 1. The van der Waals surface area contributed by atoms with Gasteiger partial charge in [0.2, 0.25) is 10.3 Å². The molecule has 0 unspecified atom stereocenters. The van der Waals surface area contributed by atoms with Crippen molar-refractivity contribution in [2.45, 2.75) is 22.1 Å². The Bertz CT molecular complexity index is 1020. The van der Waals surface area contributed by atoms with Crippen molar-refractivity contribution in [2.24, 2.45) is 0 Å². The van der Waals surface area contributed by atoms with E-state index in [-0.39, 0.29) is 5.57 Å². The summed E-state index contributed by atoms with van der Waals surface area (Å²) < 4.78 is 9.76. The molecule has 0 fully saturated rings. The van der Waals surface area contributed by atoms with Gasteiger partial charge in [0.15, 0.2) is 5.09 Å². The standard InChI is InChI=1S/C18H14N4O2S3/c1-11-3-6-14(7-4-11)26-15-8-5-13(24-15)9-12(10-19)16(23)20-17-21-18(25-2)22-27-17/h3-9H,1-2H3,(H,20,21,22,23)/b12-9-. The molecular weight excluding hydrogens is 400 g/mol. The average Bonchev–Trinajstić information content (AvgIpc) is 3.30. The summed E-state index contributed by atoms with van der Waals surface area (Å²) in [5, 5.41) is 13.5. The zero-order valence-electron chi connectivity index (χ0n) is 14.4. The Labute approximate surface area is 168 Å². The number of carbonyl (C=O) groups excluding carboxylic acids is 1. The van der Waals surface area contributed by atoms with Gasteiger partial charge >= 0.3 is 0 Å². The minimum Gasteiger partial charge on any atom is -0.450 e. The van der Waals surface area contributed by atoms with Gasteiger partial charge in [-0.25, -0.2) is 0 Å². The van der Waals surface area contributed by atoms with Crippen molar-refractivity contribution in [1.82, 2.24) is 9.36 Å². The number of hydrogen-bond donors (Lipinski definition) is 1. The van der Waals surface area contributed by atoms with E-state index in [1.54, 1.807) is 12.1 Å². The number of thioether (sulfide) groups is 1. The third-order valence-corrected chi connectivity index (χ3v) is 5.53. The Morgan fingerprint density at radius 1 is 1.30 bits per heavy atom. The highest BCUT2D eigenvalue weighted by Crippen LogP contribution is 2.30. The molecule has 1 amide bonds. The minimum atomic E-state index is -0.551. The summed E-state index contributed by atoms with van der Waals surface area (Å²) in [7, 11) is 0. The Morgan fingerprint density at radius 3 is 2.74 bits per heavy atom. The van der Waals surface area contributed by atoms with E-state index in [1.165, 1.54) is 35.2 Å². The summed E-state index contributed by atoms with van der Waals surface area (Å²) in [6.07, 6.45) is 3.25. The first-order chi connectivity index (χ1) is 13.1. The van der Waals surface area contributed by atoms with Crippen molar-refractivity contribution in [3.63, 3.8) is 0 Å². The maximum atomic E-state index is 12.3. The number of furan rings is 1. The summed E-state index contributed by atoms with van der Waals surface area (Å²) in [5.41, 5.74) is 1.12. The molecular formula is C18H14N4O2S3. The zero-order valence-corrected chi connectivity index (χ0v) is 16.9. The van der Waals surface area contributed by atoms with Crippen LogP contribution in [0.4, 0.5) is 5.13 Å². The molecule has 1 aromatic carbocycles. The summed E-state index contributed by atoms with van der Waals surface area (Å²) in [5.74, 6) is -0.121. The number of aryl methyl sites for hydroxylation is 1.